The number of aromatic amines is 1. The molecule has 0 radical (unpaired) electrons. The number of aryl methyl sites for hydroxylation is 1. The number of nitrogens with one attached hydrogen (secondary N) is 1. The normalized spacial score (nSPS) is 20.2. The molecule has 1 amide bonds. The summed E-state index contributed by atoms with van der Waals surface area (Å²) >= 11 is 0. The van der Waals surface area contributed by atoms with Crippen molar-refractivity contribution in [1.29, 1.82) is 0 Å². The van der Waals surface area contributed by atoms with Crippen molar-refractivity contribution in [2.45, 2.75) is 45.2 Å². The van der Waals surface area contributed by atoms with Gasteiger partial charge in [-0.25, -0.2) is 9.78 Å². The van der Waals surface area contributed by atoms with Crippen molar-refractivity contribution in [2.75, 3.05) is 26.2 Å². The number of amides is 1. The van der Waals surface area contributed by atoms with Crippen molar-refractivity contribution in [2.24, 2.45) is 0 Å². The lowest BCUT2D eigenvalue weighted by molar-refractivity contribution is 0.0539. The maximum Gasteiger partial charge on any atom is 0.356 e. The number of nitrogens with zero attached hydrogens (tertiary/aromatic N) is 6. The van der Waals surface area contributed by atoms with E-state index in [0.717, 1.165) is 50.2 Å². The Morgan fingerprint density at radius 2 is 2.07 bits per heavy atom. The Hall–Kier alpha value is -2.75. The zero-order chi connectivity index (χ0) is 19.7. The van der Waals surface area contributed by atoms with E-state index in [4.69, 9.17) is 0 Å². The molecule has 2 N–H and O–H groups in total. The van der Waals surface area contributed by atoms with Crippen LogP contribution in [0.25, 0.3) is 0 Å². The Labute approximate surface area is 162 Å². The van der Waals surface area contributed by atoms with E-state index in [-0.39, 0.29) is 23.5 Å². The molecular formula is C18H25N7O3. The second-order valence-electron chi connectivity index (χ2n) is 7.36. The Balaban J connectivity index is 1.43. The summed E-state index contributed by atoms with van der Waals surface area (Å²) in [5, 5.41) is 20.3. The van der Waals surface area contributed by atoms with Crippen molar-refractivity contribution < 1.29 is 14.7 Å². The smallest absolute Gasteiger partial charge is 0.356 e. The molecule has 0 saturated carbocycles. The van der Waals surface area contributed by atoms with Crippen LogP contribution in [0.15, 0.2) is 6.33 Å². The zero-order valence-corrected chi connectivity index (χ0v) is 16.0. The monoisotopic (exact) mass is 387 g/mol. The van der Waals surface area contributed by atoms with Gasteiger partial charge in [0.25, 0.3) is 5.91 Å². The molecule has 10 nitrogen and oxygen atoms in total. The van der Waals surface area contributed by atoms with E-state index in [0.29, 0.717) is 19.5 Å². The van der Waals surface area contributed by atoms with Crippen LogP contribution in [0.3, 0.4) is 0 Å². The number of carbonyl (C=O) groups is 2. The minimum Gasteiger partial charge on any atom is -0.476 e. The highest BCUT2D eigenvalue weighted by Gasteiger charge is 2.33. The first-order valence-electron chi connectivity index (χ1n) is 9.79. The third kappa shape index (κ3) is 3.39. The van der Waals surface area contributed by atoms with Gasteiger partial charge in [0, 0.05) is 50.0 Å². The van der Waals surface area contributed by atoms with Crippen LogP contribution in [0, 0.1) is 0 Å². The summed E-state index contributed by atoms with van der Waals surface area (Å²) in [6, 6.07) is 0.285. The average molecular weight is 387 g/mol. The summed E-state index contributed by atoms with van der Waals surface area (Å²) in [7, 11) is 0. The standard InChI is InChI=1S/C18H25N7O3/c1-2-5-25-14-4-3-12(10-13(14)15(22-25)18(27)28)23-6-8-24(9-7-23)17(26)16-19-11-20-21-16/h11-12H,2-10H2,1H3,(H,27,28)(H,19,20,21)/t12-/m1/s1. The molecule has 2 aromatic rings. The van der Waals surface area contributed by atoms with Crippen molar-refractivity contribution in [3.8, 4) is 0 Å². The largest absolute Gasteiger partial charge is 0.476 e. The number of H-pyrrole nitrogens is 1. The molecular weight excluding hydrogens is 362 g/mol. The third-order valence-corrected chi connectivity index (χ3v) is 5.69. The lowest BCUT2D eigenvalue weighted by atomic mass is 9.90. The first kappa shape index (κ1) is 18.6. The van der Waals surface area contributed by atoms with Crippen molar-refractivity contribution in [1.82, 2.24) is 34.8 Å². The van der Waals surface area contributed by atoms with Crippen LogP contribution >= 0.6 is 0 Å². The molecule has 2 aromatic heterocycles. The van der Waals surface area contributed by atoms with Gasteiger partial charge in [-0.2, -0.15) is 10.2 Å². The van der Waals surface area contributed by atoms with Gasteiger partial charge in [0.2, 0.25) is 5.82 Å². The molecule has 1 atom stereocenters. The second-order valence-corrected chi connectivity index (χ2v) is 7.36. The Morgan fingerprint density at radius 3 is 2.71 bits per heavy atom. The van der Waals surface area contributed by atoms with Crippen LogP contribution in [0.4, 0.5) is 0 Å². The Morgan fingerprint density at radius 1 is 1.29 bits per heavy atom. The molecule has 3 heterocycles. The molecule has 0 bridgehead atoms. The number of aromatic carboxylic acids is 1. The van der Waals surface area contributed by atoms with Crippen molar-refractivity contribution in [3.63, 3.8) is 0 Å². The van der Waals surface area contributed by atoms with Crippen LogP contribution in [0.5, 0.6) is 0 Å². The molecule has 0 spiro atoms. The molecule has 0 unspecified atom stereocenters. The van der Waals surface area contributed by atoms with Gasteiger partial charge < -0.3 is 10.0 Å². The summed E-state index contributed by atoms with van der Waals surface area (Å²) in [5.74, 6) is -0.809. The van der Waals surface area contributed by atoms with E-state index < -0.39 is 5.97 Å². The van der Waals surface area contributed by atoms with Crippen molar-refractivity contribution in [3.05, 3.63) is 29.1 Å². The molecule has 2 aliphatic rings. The average Bonchev–Trinajstić information content (AvgIpc) is 3.36. The van der Waals surface area contributed by atoms with E-state index >= 15 is 0 Å². The van der Waals surface area contributed by atoms with E-state index in [1.807, 2.05) is 4.68 Å². The highest BCUT2D eigenvalue weighted by atomic mass is 16.4. The van der Waals surface area contributed by atoms with Gasteiger partial charge in [0.15, 0.2) is 5.69 Å². The summed E-state index contributed by atoms with van der Waals surface area (Å²) in [6.45, 7) is 5.62. The summed E-state index contributed by atoms with van der Waals surface area (Å²) < 4.78 is 1.88. The van der Waals surface area contributed by atoms with Crippen LogP contribution in [-0.2, 0) is 19.4 Å². The SMILES string of the molecule is CCCn1nc(C(=O)O)c2c1CC[C@@H](N1CCN(C(=O)c3ncn[nH]3)CC1)C2. The number of carboxylic acids is 1. The first-order valence-corrected chi connectivity index (χ1v) is 9.79. The number of rotatable bonds is 5. The molecule has 28 heavy (non-hydrogen) atoms. The molecule has 1 aliphatic carbocycles. The molecule has 150 valence electrons. The quantitative estimate of drug-likeness (QED) is 0.763. The number of aromatic nitrogens is 5. The zero-order valence-electron chi connectivity index (χ0n) is 16.0. The topological polar surface area (TPSA) is 120 Å². The number of fused-ring (bicyclic) bond motifs is 1. The number of carboxylic acid groups (broad SMARTS) is 1. The van der Waals surface area contributed by atoms with Gasteiger partial charge in [-0.1, -0.05) is 6.92 Å². The molecule has 0 aromatic carbocycles. The predicted octanol–water partition coefficient (Wildman–Crippen LogP) is 0.425. The lowest BCUT2D eigenvalue weighted by Gasteiger charge is -2.40. The van der Waals surface area contributed by atoms with Gasteiger partial charge in [-0.15, -0.1) is 0 Å². The fourth-order valence-corrected chi connectivity index (χ4v) is 4.30. The molecule has 4 rings (SSSR count). The number of piperazine rings is 1. The van der Waals surface area contributed by atoms with E-state index in [1.165, 1.54) is 6.33 Å². The Bertz CT molecular complexity index is 853. The second kappa shape index (κ2) is 7.70. The first-order chi connectivity index (χ1) is 13.6. The van der Waals surface area contributed by atoms with E-state index in [9.17, 15) is 14.7 Å². The van der Waals surface area contributed by atoms with Crippen LogP contribution in [0.1, 0.15) is 52.1 Å². The van der Waals surface area contributed by atoms with E-state index in [1.54, 1.807) is 4.90 Å². The minimum atomic E-state index is -0.950. The number of carbonyl (C=O) groups excluding carboxylic acids is 1. The Kier molecular flexibility index (Phi) is 5.12. The number of hydrogen-bond acceptors (Lipinski definition) is 6. The van der Waals surface area contributed by atoms with Gasteiger partial charge in [0.05, 0.1) is 0 Å². The molecule has 1 aliphatic heterocycles. The number of hydrogen-bond donors (Lipinski definition) is 2. The summed E-state index contributed by atoms with van der Waals surface area (Å²) in [5.41, 5.74) is 2.17. The highest BCUT2D eigenvalue weighted by molar-refractivity contribution is 5.90. The molecule has 1 saturated heterocycles. The van der Waals surface area contributed by atoms with Crippen LogP contribution < -0.4 is 0 Å². The lowest BCUT2D eigenvalue weighted by Crippen LogP contribution is -2.53. The van der Waals surface area contributed by atoms with E-state index in [2.05, 4.69) is 32.1 Å². The van der Waals surface area contributed by atoms with Gasteiger partial charge in [0.1, 0.15) is 6.33 Å². The highest BCUT2D eigenvalue weighted by Crippen LogP contribution is 2.28. The summed E-state index contributed by atoms with van der Waals surface area (Å²) in [4.78, 5) is 32.1. The molecule has 10 heteroatoms. The fourth-order valence-electron chi connectivity index (χ4n) is 4.30. The molecule has 1 fully saturated rings. The van der Waals surface area contributed by atoms with Crippen LogP contribution in [0.2, 0.25) is 0 Å². The minimum absolute atomic E-state index is 0.128. The van der Waals surface area contributed by atoms with Crippen LogP contribution in [-0.4, -0.2) is 84.0 Å². The van der Waals surface area contributed by atoms with Gasteiger partial charge in [-0.05, 0) is 25.7 Å². The van der Waals surface area contributed by atoms with Crippen molar-refractivity contribution >= 4 is 11.9 Å². The predicted molar refractivity (Wildman–Crippen MR) is 99.1 cm³/mol. The van der Waals surface area contributed by atoms with Gasteiger partial charge >= 0.3 is 5.97 Å². The fraction of sp³-hybridized carbons (Fsp3) is 0.611. The maximum atomic E-state index is 12.4. The van der Waals surface area contributed by atoms with Gasteiger partial charge in [-0.3, -0.25) is 19.5 Å². The summed E-state index contributed by atoms with van der Waals surface area (Å²) in [6.07, 6.45) is 4.80. The third-order valence-electron chi connectivity index (χ3n) is 5.69. The maximum absolute atomic E-state index is 12.4.